The Morgan fingerprint density at radius 3 is 0.821 bits per heavy atom. The lowest BCUT2D eigenvalue weighted by Crippen LogP contribution is -2.41. The number of aromatic nitrogens is 4. The van der Waals surface area contributed by atoms with Crippen LogP contribution in [0.5, 0.6) is 0 Å². The molecule has 1 fully saturated rings. The average molecular weight is 1860 g/mol. The fourth-order valence-electron chi connectivity index (χ4n) is 23.9. The van der Waals surface area contributed by atoms with Crippen molar-refractivity contribution in [2.24, 2.45) is 0 Å². The Bertz CT molecular complexity index is 9700. The molecule has 0 atom stereocenters. The highest BCUT2D eigenvalue weighted by molar-refractivity contribution is 9.10. The third-order valence-corrected chi connectivity index (χ3v) is 32.1. The van der Waals surface area contributed by atoms with Gasteiger partial charge in [0.2, 0.25) is 0 Å². The summed E-state index contributed by atoms with van der Waals surface area (Å²) in [7, 11) is -0.373. The first-order chi connectivity index (χ1) is 68.3. The minimum atomic E-state index is -0.373. The monoisotopic (exact) mass is 1860 g/mol. The Balaban J connectivity index is 0.000000113. The van der Waals surface area contributed by atoms with Crippen LogP contribution in [0.4, 0.5) is 0 Å². The molecule has 0 radical (unpaired) electrons. The predicted octanol–water partition coefficient (Wildman–Crippen LogP) is 35.0. The van der Waals surface area contributed by atoms with E-state index in [0.717, 1.165) is 21.3 Å². The van der Waals surface area contributed by atoms with Gasteiger partial charge in [0, 0.05) is 81.1 Å². The summed E-state index contributed by atoms with van der Waals surface area (Å²) in [5, 5.41) is 25.6. The number of fused-ring (bicyclic) bond motifs is 30. The highest BCUT2D eigenvalue weighted by Gasteiger charge is 2.52. The Kier molecular flexibility index (Phi) is 18.8. The summed E-state index contributed by atoms with van der Waals surface area (Å²) in [5.74, 6) is 0. The van der Waals surface area contributed by atoms with Crippen LogP contribution in [0.2, 0.25) is 0 Å². The molecule has 0 amide bonds. The normalized spacial score (nSPS) is 14.3. The Morgan fingerprint density at radius 2 is 0.443 bits per heavy atom. The molecule has 22 aromatic carbocycles. The van der Waals surface area contributed by atoms with E-state index < -0.39 is 0 Å². The van der Waals surface area contributed by atoms with Gasteiger partial charge in [0.25, 0.3) is 0 Å². The molecule has 6 nitrogen and oxygen atoms in total. The quantitative estimate of drug-likeness (QED) is 0.112. The zero-order chi connectivity index (χ0) is 93.9. The maximum absolute atomic E-state index is 6.40. The smallest absolute Gasteiger partial charge is 0.399 e. The lowest BCUT2D eigenvalue weighted by atomic mass is 9.77. The second-order valence-electron chi connectivity index (χ2n) is 40.5. The van der Waals surface area contributed by atoms with Crippen LogP contribution in [0.25, 0.3) is 230 Å². The third-order valence-electron chi connectivity index (χ3n) is 31.6. The second kappa shape index (κ2) is 31.6. The molecule has 26 aromatic rings. The van der Waals surface area contributed by atoms with Gasteiger partial charge in [-0.25, -0.2) is 0 Å². The topological polar surface area (TPSA) is 38.2 Å². The molecule has 0 unspecified atom stereocenters. The molecular formula is C132H96BBrN4O2. The number of rotatable bonds is 8. The summed E-state index contributed by atoms with van der Waals surface area (Å²) in [6.45, 7) is 17.9. The predicted molar refractivity (Wildman–Crippen MR) is 597 cm³/mol. The molecular weight excluding hydrogens is 1760 g/mol. The van der Waals surface area contributed by atoms with Crippen LogP contribution in [0.1, 0.15) is 77.6 Å². The van der Waals surface area contributed by atoms with Crippen molar-refractivity contribution in [1.82, 2.24) is 18.3 Å². The highest BCUT2D eigenvalue weighted by atomic mass is 79.9. The third kappa shape index (κ3) is 12.9. The zero-order valence-corrected chi connectivity index (χ0v) is 80.7. The fraction of sp³-hybridized carbons (Fsp3) is 0.0909. The molecule has 0 spiro atoms. The summed E-state index contributed by atoms with van der Waals surface area (Å²) in [5.41, 5.74) is 33.0. The molecule has 666 valence electrons. The minimum absolute atomic E-state index is 0.0271. The fourth-order valence-corrected chi connectivity index (χ4v) is 24.2. The van der Waals surface area contributed by atoms with Gasteiger partial charge in [-0.1, -0.05) is 317 Å². The van der Waals surface area contributed by atoms with Crippen molar-refractivity contribution in [3.05, 3.63) is 464 Å². The first-order valence-corrected chi connectivity index (χ1v) is 49.7. The van der Waals surface area contributed by atoms with Crippen LogP contribution in [-0.4, -0.2) is 36.6 Å². The first-order valence-electron chi connectivity index (χ1n) is 48.9. The van der Waals surface area contributed by atoms with E-state index in [1.807, 2.05) is 0 Å². The van der Waals surface area contributed by atoms with E-state index in [0.29, 0.717) is 0 Å². The highest BCUT2D eigenvalue weighted by Crippen LogP contribution is 2.55. The number of para-hydroxylation sites is 6. The lowest BCUT2D eigenvalue weighted by Gasteiger charge is -2.32. The van der Waals surface area contributed by atoms with E-state index in [4.69, 9.17) is 9.31 Å². The molecule has 8 heteroatoms. The Labute approximate surface area is 821 Å². The van der Waals surface area contributed by atoms with Crippen LogP contribution in [0.3, 0.4) is 0 Å². The van der Waals surface area contributed by atoms with Crippen LogP contribution in [-0.2, 0) is 20.1 Å². The molecule has 0 saturated carbocycles. The number of halogens is 1. The largest absolute Gasteiger partial charge is 0.494 e. The Morgan fingerprint density at radius 1 is 0.186 bits per heavy atom. The molecule has 2 aliphatic carbocycles. The maximum atomic E-state index is 6.40. The molecule has 0 N–H and O–H groups in total. The summed E-state index contributed by atoms with van der Waals surface area (Å²) in [6, 6.07) is 161. The molecule has 4 aromatic heterocycles. The van der Waals surface area contributed by atoms with Gasteiger partial charge in [0.1, 0.15) is 0 Å². The van der Waals surface area contributed by atoms with Crippen LogP contribution in [0, 0.1) is 0 Å². The molecule has 3 aliphatic rings. The number of hydrogen-bond donors (Lipinski definition) is 0. The van der Waals surface area contributed by atoms with Crippen molar-refractivity contribution in [3.63, 3.8) is 0 Å². The van der Waals surface area contributed by atoms with Gasteiger partial charge in [0.05, 0.1) is 55.3 Å². The Hall–Kier alpha value is -15.9. The van der Waals surface area contributed by atoms with Crippen molar-refractivity contribution in [1.29, 1.82) is 0 Å². The second-order valence-corrected chi connectivity index (χ2v) is 41.4. The van der Waals surface area contributed by atoms with Gasteiger partial charge in [-0.15, -0.1) is 0 Å². The minimum Gasteiger partial charge on any atom is -0.399 e. The van der Waals surface area contributed by atoms with Crippen molar-refractivity contribution in [2.45, 2.75) is 77.4 Å². The molecule has 0 bridgehead atoms. The summed E-state index contributed by atoms with van der Waals surface area (Å²) < 4.78 is 23.4. The SMILES string of the molecule is Brc1ccc(-n2c3ccccc3c3cc(-c4ccc5c(c4)c4ccccc4n5-c4ccccc4)ccc32)cc1.CC1(C)c2ccccc2-c2cc3c4ccccc4c4cc(-c5ccc(-n6c7ccccc7c7cc(-c8ccc9c(c8)c8ccccc8n9-c8ccccc8)ccc76)cc5)ccc4c3cc21.CC1(C)c2ccccc2-c2cc3c4ccccc4c4cc(B5OC(C)(C)C(C)(C)O5)ccc4c3cc21. The van der Waals surface area contributed by atoms with Crippen LogP contribution < -0.4 is 5.46 Å². The van der Waals surface area contributed by atoms with Crippen molar-refractivity contribution in [2.75, 3.05) is 0 Å². The van der Waals surface area contributed by atoms with Gasteiger partial charge in [-0.2, -0.15) is 0 Å². The number of hydrogen-bond acceptors (Lipinski definition) is 2. The van der Waals surface area contributed by atoms with Gasteiger partial charge in [-0.05, 0) is 339 Å². The average Bonchev–Trinajstić information content (AvgIpc) is 1.52. The summed E-state index contributed by atoms with van der Waals surface area (Å²) in [6.07, 6.45) is 0. The maximum Gasteiger partial charge on any atom is 0.494 e. The van der Waals surface area contributed by atoms with Crippen LogP contribution in [0.15, 0.2) is 441 Å². The van der Waals surface area contributed by atoms with Gasteiger partial charge in [0.15, 0.2) is 0 Å². The molecule has 29 rings (SSSR count). The molecule has 140 heavy (non-hydrogen) atoms. The van der Waals surface area contributed by atoms with E-state index >= 15 is 0 Å². The van der Waals surface area contributed by atoms with Gasteiger partial charge >= 0.3 is 7.12 Å². The number of nitrogens with zero attached hydrogens (tertiary/aromatic N) is 4. The van der Waals surface area contributed by atoms with Crippen molar-refractivity contribution in [3.8, 4) is 78.4 Å². The standard InChI is InChI=1S/C63H42N2.C36H23BrN2.C33H31BO2/c1-63(2)57-21-11-8-18-48(57)54-37-52-46-17-7-6-16-45(46)51-34-40(26-31-47(51)53(52)38-58(54)63)39-24-29-44(30-25-39)65-60-23-13-10-20-50(60)56-36-42(28-33-62(56)65)41-27-32-61-55(35-41)49-19-9-12-22-59(49)64(61)43-14-4-3-5-15-43;37-26-16-18-28(19-17-26)39-34-13-7-5-11-30(34)32-23-25(15-21-36(32)39)24-14-20-35-31(22-24)29-10-4-6-12-33(29)38(35)27-8-2-1-3-9-27;1-31(2)29-14-10-9-13-24(29)28-18-26-22-12-8-7-11-21(22)25-17-20(15-16-23(25)27(26)19-30(28)31)34-35-32(3,4)33(5,6)36-34/h3-38H,1-2H3;1-23H;7-19H,1-6H3. The van der Waals surface area contributed by atoms with E-state index in [1.165, 1.54) is 241 Å². The van der Waals surface area contributed by atoms with Crippen molar-refractivity contribution >= 4 is 180 Å². The van der Waals surface area contributed by atoms with E-state index in [9.17, 15) is 0 Å². The summed E-state index contributed by atoms with van der Waals surface area (Å²) >= 11 is 3.58. The lowest BCUT2D eigenvalue weighted by molar-refractivity contribution is 0.00578. The van der Waals surface area contributed by atoms with Crippen LogP contribution >= 0.6 is 15.9 Å². The van der Waals surface area contributed by atoms with E-state index in [2.05, 4.69) is 526 Å². The zero-order valence-electron chi connectivity index (χ0n) is 79.1. The number of benzene rings is 22. The van der Waals surface area contributed by atoms with Crippen molar-refractivity contribution < 1.29 is 9.31 Å². The molecule has 1 saturated heterocycles. The van der Waals surface area contributed by atoms with E-state index in [1.54, 1.807) is 0 Å². The molecule has 5 heterocycles. The summed E-state index contributed by atoms with van der Waals surface area (Å²) in [4.78, 5) is 0. The first kappa shape index (κ1) is 83.4. The van der Waals surface area contributed by atoms with Gasteiger partial charge < -0.3 is 27.6 Å². The molecule has 1 aliphatic heterocycles. The van der Waals surface area contributed by atoms with E-state index in [-0.39, 0.29) is 29.2 Å². The van der Waals surface area contributed by atoms with Gasteiger partial charge in [-0.3, -0.25) is 0 Å².